The number of amides is 1. The average Bonchev–Trinajstić information content (AvgIpc) is 3.13. The van der Waals surface area contributed by atoms with Crippen LogP contribution in [0, 0.1) is 12.7 Å². The Balaban J connectivity index is 1.50. The molecule has 0 fully saturated rings. The molecule has 0 aliphatic heterocycles. The molecule has 0 spiro atoms. The molecule has 9 heteroatoms. The second-order valence-corrected chi connectivity index (χ2v) is 9.01. The van der Waals surface area contributed by atoms with Gasteiger partial charge in [0, 0.05) is 18.3 Å². The molecule has 0 radical (unpaired) electrons. The Labute approximate surface area is 172 Å². The number of sulfonamides is 1. The number of nitrogens with one attached hydrogen (secondary N) is 2. The van der Waals surface area contributed by atoms with Gasteiger partial charge in [-0.05, 0) is 43.2 Å². The summed E-state index contributed by atoms with van der Waals surface area (Å²) in [5.41, 5.74) is 2.81. The zero-order valence-electron chi connectivity index (χ0n) is 15.7. The molecule has 29 heavy (non-hydrogen) atoms. The van der Waals surface area contributed by atoms with Gasteiger partial charge in [0.1, 0.15) is 5.82 Å². The maximum Gasteiger partial charge on any atom is 0.263 e. The van der Waals surface area contributed by atoms with Crippen LogP contribution in [0.3, 0.4) is 0 Å². The Morgan fingerprint density at radius 3 is 2.48 bits per heavy atom. The Hall–Kier alpha value is -2.78. The van der Waals surface area contributed by atoms with Crippen molar-refractivity contribution in [2.24, 2.45) is 0 Å². The summed E-state index contributed by atoms with van der Waals surface area (Å²) in [7, 11) is -3.84. The zero-order valence-corrected chi connectivity index (χ0v) is 17.3. The summed E-state index contributed by atoms with van der Waals surface area (Å²) >= 11 is 1.13. The smallest absolute Gasteiger partial charge is 0.263 e. The lowest BCUT2D eigenvalue weighted by Gasteiger charge is -2.05. The molecule has 152 valence electrons. The summed E-state index contributed by atoms with van der Waals surface area (Å²) in [6.45, 7) is 2.46. The van der Waals surface area contributed by atoms with Crippen LogP contribution in [0.5, 0.6) is 0 Å². The van der Waals surface area contributed by atoms with Crippen LogP contribution < -0.4 is 10.0 Å². The van der Waals surface area contributed by atoms with Gasteiger partial charge in [-0.1, -0.05) is 29.8 Å². The topological polar surface area (TPSA) is 88.2 Å². The maximum absolute atomic E-state index is 13.0. The van der Waals surface area contributed by atoms with E-state index >= 15 is 0 Å². The lowest BCUT2D eigenvalue weighted by molar-refractivity contribution is -0.121. The molecule has 0 bridgehead atoms. The van der Waals surface area contributed by atoms with Crippen LogP contribution in [0.4, 0.5) is 9.52 Å². The number of thiazole rings is 1. The van der Waals surface area contributed by atoms with E-state index < -0.39 is 15.8 Å². The first-order chi connectivity index (χ1) is 13.8. The molecule has 6 nitrogen and oxygen atoms in total. The highest BCUT2D eigenvalue weighted by molar-refractivity contribution is 7.93. The lowest BCUT2D eigenvalue weighted by atomic mass is 10.1. The van der Waals surface area contributed by atoms with Gasteiger partial charge in [0.05, 0.1) is 10.6 Å². The quantitative estimate of drug-likeness (QED) is 0.568. The van der Waals surface area contributed by atoms with E-state index in [1.54, 1.807) is 5.38 Å². The van der Waals surface area contributed by atoms with Crippen molar-refractivity contribution in [1.82, 2.24) is 10.3 Å². The number of hydrogen-bond donors (Lipinski definition) is 2. The van der Waals surface area contributed by atoms with E-state index in [1.807, 2.05) is 31.2 Å². The van der Waals surface area contributed by atoms with E-state index in [-0.39, 0.29) is 22.4 Å². The normalized spacial score (nSPS) is 11.2. The van der Waals surface area contributed by atoms with E-state index in [2.05, 4.69) is 15.0 Å². The Bertz CT molecular complexity index is 1080. The largest absolute Gasteiger partial charge is 0.352 e. The van der Waals surface area contributed by atoms with Gasteiger partial charge in [0.2, 0.25) is 5.91 Å². The second kappa shape index (κ2) is 9.15. The monoisotopic (exact) mass is 433 g/mol. The van der Waals surface area contributed by atoms with Crippen LogP contribution in [-0.4, -0.2) is 19.3 Å². The lowest BCUT2D eigenvalue weighted by Crippen LogP contribution is -2.23. The summed E-state index contributed by atoms with van der Waals surface area (Å²) in [5, 5.41) is 4.76. The summed E-state index contributed by atoms with van der Waals surface area (Å²) in [6.07, 6.45) is 0.647. The molecular weight excluding hydrogens is 413 g/mol. The van der Waals surface area contributed by atoms with Gasteiger partial charge < -0.3 is 5.32 Å². The molecular formula is C20H20FN3O3S2. The third-order valence-electron chi connectivity index (χ3n) is 4.12. The standard InChI is InChI=1S/C20H20FN3O3S2/c1-14-2-4-15(5-3-14)12-22-19(25)11-8-17-13-28-20(23-17)24-29(26,27)18-9-6-16(21)7-10-18/h2-7,9-10,13H,8,11-12H2,1H3,(H,22,25)(H,23,24). The minimum absolute atomic E-state index is 0.0499. The first kappa shape index (κ1) is 20.9. The molecule has 1 amide bonds. The van der Waals surface area contributed by atoms with Gasteiger partial charge in [0.25, 0.3) is 10.0 Å². The summed E-state index contributed by atoms with van der Waals surface area (Å²) in [5.74, 6) is -0.617. The van der Waals surface area contributed by atoms with Crippen LogP contribution in [0.25, 0.3) is 0 Å². The Kier molecular flexibility index (Phi) is 6.60. The Morgan fingerprint density at radius 1 is 1.10 bits per heavy atom. The first-order valence-corrected chi connectivity index (χ1v) is 11.2. The summed E-state index contributed by atoms with van der Waals surface area (Å²) in [4.78, 5) is 16.2. The highest BCUT2D eigenvalue weighted by Gasteiger charge is 2.16. The molecule has 1 aromatic heterocycles. The molecule has 0 atom stereocenters. The summed E-state index contributed by atoms with van der Waals surface area (Å²) < 4.78 is 39.9. The molecule has 0 saturated carbocycles. The van der Waals surface area contributed by atoms with E-state index in [1.165, 1.54) is 12.1 Å². The number of anilines is 1. The van der Waals surface area contributed by atoms with Crippen LogP contribution in [-0.2, 0) is 27.8 Å². The molecule has 2 aromatic carbocycles. The van der Waals surface area contributed by atoms with Gasteiger partial charge in [0.15, 0.2) is 5.13 Å². The van der Waals surface area contributed by atoms with Gasteiger partial charge in [-0.25, -0.2) is 17.8 Å². The minimum atomic E-state index is -3.84. The van der Waals surface area contributed by atoms with Crippen LogP contribution in [0.1, 0.15) is 23.2 Å². The third-order valence-corrected chi connectivity index (χ3v) is 6.41. The predicted molar refractivity (Wildman–Crippen MR) is 111 cm³/mol. The fraction of sp³-hybridized carbons (Fsp3) is 0.200. The minimum Gasteiger partial charge on any atom is -0.352 e. The number of nitrogens with zero attached hydrogens (tertiary/aromatic N) is 1. The van der Waals surface area contributed by atoms with E-state index in [0.717, 1.165) is 34.6 Å². The Morgan fingerprint density at radius 2 is 1.79 bits per heavy atom. The van der Waals surface area contributed by atoms with Gasteiger partial charge in [-0.15, -0.1) is 11.3 Å². The number of benzene rings is 2. The van der Waals surface area contributed by atoms with Crippen molar-refractivity contribution in [2.45, 2.75) is 31.2 Å². The molecule has 2 N–H and O–H groups in total. The molecule has 0 unspecified atom stereocenters. The predicted octanol–water partition coefficient (Wildman–Crippen LogP) is 3.64. The van der Waals surface area contributed by atoms with Crippen LogP contribution in [0.2, 0.25) is 0 Å². The first-order valence-electron chi connectivity index (χ1n) is 8.87. The maximum atomic E-state index is 13.0. The molecule has 3 rings (SSSR count). The van der Waals surface area contributed by atoms with Crippen molar-refractivity contribution < 1.29 is 17.6 Å². The molecule has 0 aliphatic carbocycles. The number of aromatic nitrogens is 1. The van der Waals surface area contributed by atoms with Crippen molar-refractivity contribution in [3.8, 4) is 0 Å². The van der Waals surface area contributed by atoms with Crippen molar-refractivity contribution in [3.05, 3.63) is 76.5 Å². The number of hydrogen-bond acceptors (Lipinski definition) is 5. The number of rotatable bonds is 8. The van der Waals surface area contributed by atoms with Crippen molar-refractivity contribution in [2.75, 3.05) is 4.72 Å². The van der Waals surface area contributed by atoms with Crippen LogP contribution in [0.15, 0.2) is 58.8 Å². The molecule has 0 saturated heterocycles. The highest BCUT2D eigenvalue weighted by Crippen LogP contribution is 2.21. The molecule has 1 heterocycles. The number of halogens is 1. The third kappa shape index (κ3) is 6.10. The van der Waals surface area contributed by atoms with Crippen LogP contribution >= 0.6 is 11.3 Å². The van der Waals surface area contributed by atoms with Crippen molar-refractivity contribution >= 4 is 32.4 Å². The van der Waals surface area contributed by atoms with E-state index in [4.69, 9.17) is 0 Å². The van der Waals surface area contributed by atoms with Crippen molar-refractivity contribution in [1.29, 1.82) is 0 Å². The number of carbonyl (C=O) groups is 1. The highest BCUT2D eigenvalue weighted by atomic mass is 32.2. The molecule has 0 aliphatic rings. The fourth-order valence-corrected chi connectivity index (χ4v) is 4.49. The SMILES string of the molecule is Cc1ccc(CNC(=O)CCc2csc(NS(=O)(=O)c3ccc(F)cc3)n2)cc1. The second-order valence-electron chi connectivity index (χ2n) is 6.47. The van der Waals surface area contributed by atoms with Gasteiger partial charge >= 0.3 is 0 Å². The van der Waals surface area contributed by atoms with Gasteiger partial charge in [-0.2, -0.15) is 0 Å². The van der Waals surface area contributed by atoms with Crippen molar-refractivity contribution in [3.63, 3.8) is 0 Å². The zero-order chi connectivity index (χ0) is 20.9. The van der Waals surface area contributed by atoms with E-state index in [9.17, 15) is 17.6 Å². The number of aryl methyl sites for hydroxylation is 2. The van der Waals surface area contributed by atoms with E-state index in [0.29, 0.717) is 18.7 Å². The summed E-state index contributed by atoms with van der Waals surface area (Å²) in [6, 6.07) is 12.4. The molecule has 3 aromatic rings. The fourth-order valence-electron chi connectivity index (χ4n) is 2.49. The average molecular weight is 434 g/mol. The number of carbonyl (C=O) groups excluding carboxylic acids is 1. The van der Waals surface area contributed by atoms with Gasteiger partial charge in [-0.3, -0.25) is 9.52 Å².